The van der Waals surface area contributed by atoms with E-state index in [1.807, 2.05) is 25.1 Å². The topological polar surface area (TPSA) is 208 Å². The number of nitrogens with one attached hydrogen (secondary N) is 3. The first-order valence-electron chi connectivity index (χ1n) is 24.8. The molecule has 9 rings (SSSR count). The van der Waals surface area contributed by atoms with Crippen LogP contribution in [0.25, 0.3) is 0 Å². The quantitative estimate of drug-likeness (QED) is 0.0316. The number of furan rings is 1. The van der Waals surface area contributed by atoms with Gasteiger partial charge in [0.2, 0.25) is 0 Å². The van der Waals surface area contributed by atoms with Crippen molar-refractivity contribution in [2.24, 2.45) is 57.4 Å². The van der Waals surface area contributed by atoms with E-state index in [2.05, 4.69) is 45.8 Å². The maximum absolute atomic E-state index is 11.5. The predicted octanol–water partition coefficient (Wildman–Crippen LogP) is 7.25. The number of aromatic hydroxyl groups is 1. The molecule has 3 saturated carbocycles. The van der Waals surface area contributed by atoms with Crippen molar-refractivity contribution in [3.05, 3.63) is 82.1 Å². The summed E-state index contributed by atoms with van der Waals surface area (Å²) >= 11 is 0. The molecule has 64 heavy (non-hydrogen) atoms. The molecule has 6 aliphatic carbocycles. The molecule has 12 nitrogen and oxygen atoms in total. The summed E-state index contributed by atoms with van der Waals surface area (Å²) in [5.74, 6) is 7.06. The van der Waals surface area contributed by atoms with Crippen LogP contribution >= 0.6 is 0 Å². The summed E-state index contributed by atoms with van der Waals surface area (Å²) < 4.78 is 12.6. The summed E-state index contributed by atoms with van der Waals surface area (Å²) in [4.78, 5) is 7.66. The van der Waals surface area contributed by atoms with Gasteiger partial charge in [-0.3, -0.25) is 4.99 Å². The third kappa shape index (κ3) is 10.6. The van der Waals surface area contributed by atoms with Gasteiger partial charge >= 0.3 is 0 Å². The van der Waals surface area contributed by atoms with E-state index in [9.17, 15) is 20.4 Å². The lowest BCUT2D eigenvalue weighted by Gasteiger charge is -2.41. The molecule has 11 N–H and O–H groups in total. The molecule has 12 heteroatoms. The Labute approximate surface area is 381 Å². The van der Waals surface area contributed by atoms with Crippen molar-refractivity contribution >= 4 is 5.96 Å². The lowest BCUT2D eigenvalue weighted by atomic mass is 9.64. The number of guanidine groups is 1. The molecule has 3 fully saturated rings. The Morgan fingerprint density at radius 1 is 1.02 bits per heavy atom. The average Bonchev–Trinajstić information content (AvgIpc) is 3.99. The van der Waals surface area contributed by atoms with E-state index in [-0.39, 0.29) is 30.3 Å². The van der Waals surface area contributed by atoms with Crippen LogP contribution in [0.3, 0.4) is 0 Å². The first kappa shape index (κ1) is 46.7. The van der Waals surface area contributed by atoms with Crippen LogP contribution in [0, 0.1) is 40.9 Å². The minimum Gasteiger partial charge on any atom is -0.504 e. The van der Waals surface area contributed by atoms with Gasteiger partial charge in [-0.1, -0.05) is 38.0 Å². The minimum absolute atomic E-state index is 0.00500. The van der Waals surface area contributed by atoms with Gasteiger partial charge in [0, 0.05) is 74.4 Å². The number of phenols is 1. The lowest BCUT2D eigenvalue weighted by molar-refractivity contribution is 0.103. The van der Waals surface area contributed by atoms with Crippen molar-refractivity contribution in [2.75, 3.05) is 33.3 Å². The normalized spacial score (nSPS) is 30.0. The zero-order valence-corrected chi connectivity index (χ0v) is 38.7. The monoisotopic (exact) mass is 883 g/mol. The van der Waals surface area contributed by atoms with E-state index in [1.54, 1.807) is 13.1 Å². The molecule has 2 heterocycles. The molecule has 0 radical (unpaired) electrons. The summed E-state index contributed by atoms with van der Waals surface area (Å²) in [5, 5.41) is 49.4. The van der Waals surface area contributed by atoms with E-state index >= 15 is 0 Å². The number of fused-ring (bicyclic) bond motifs is 2. The zero-order valence-electron chi connectivity index (χ0n) is 38.7. The van der Waals surface area contributed by atoms with E-state index in [1.165, 1.54) is 56.2 Å². The molecule has 0 amide bonds. The van der Waals surface area contributed by atoms with Gasteiger partial charge in [-0.2, -0.15) is 0 Å². The standard InChI is InChI=1S/C52H78N6O6/c1-31(26-57-51(54)55-3)6-13-42-35-11-7-33(19-37(42)23-40(53)22-35)10-15-48-38(29-59)24-41(64-48)12-8-34-9-14-46(61)49(20-34)63-30-47(62)45-25-43-44(28-56-27-32(2)60)52-17-4-5-39(52)21-36(16-18-52)50(43)58-45/h9,14,16,18,20,24-25,31-33,35-37,39-40,42,44,47,56,58-62H,4-8,10-13,15,17,19,21-23,26-30,53H2,1-3H3,(H3,54,55,57)/t31-,32+,33-,35-,36-,37+,39+,40-,42+,44-,47+,52+/m1/s1. The van der Waals surface area contributed by atoms with Crippen LogP contribution in [0.15, 0.2) is 51.9 Å². The van der Waals surface area contributed by atoms with Crippen molar-refractivity contribution in [1.82, 2.24) is 15.6 Å². The number of aliphatic imine (C=N–C) groups is 1. The number of hydrogen-bond donors (Lipinski definition) is 9. The first-order valence-corrected chi connectivity index (χ1v) is 24.8. The molecule has 0 aliphatic heterocycles. The number of benzene rings is 1. The van der Waals surface area contributed by atoms with Gasteiger partial charge in [0.1, 0.15) is 24.2 Å². The highest BCUT2D eigenvalue weighted by Gasteiger charge is 2.53. The summed E-state index contributed by atoms with van der Waals surface area (Å²) in [5.41, 5.74) is 17.7. The average molecular weight is 883 g/mol. The Bertz CT molecular complexity index is 2060. The van der Waals surface area contributed by atoms with Crippen LogP contribution in [0.2, 0.25) is 0 Å². The van der Waals surface area contributed by atoms with Gasteiger partial charge in [-0.25, -0.2) is 0 Å². The Balaban J connectivity index is 0.849. The number of aliphatic hydroxyl groups is 3. The van der Waals surface area contributed by atoms with Crippen LogP contribution in [0.4, 0.5) is 0 Å². The van der Waals surface area contributed by atoms with Crippen molar-refractivity contribution in [2.45, 2.75) is 147 Å². The number of aromatic amines is 1. The van der Waals surface area contributed by atoms with Crippen LogP contribution in [-0.2, 0) is 25.9 Å². The highest BCUT2D eigenvalue weighted by molar-refractivity contribution is 5.77. The number of aromatic nitrogens is 1. The van der Waals surface area contributed by atoms with Gasteiger partial charge in [0.15, 0.2) is 17.5 Å². The fraction of sp³-hybridized carbons (Fsp3) is 0.673. The number of nitrogens with zero attached hydrogens (tertiary/aromatic N) is 1. The van der Waals surface area contributed by atoms with Gasteiger partial charge in [-0.05, 0) is 154 Å². The Kier molecular flexibility index (Phi) is 15.2. The van der Waals surface area contributed by atoms with Crippen LogP contribution in [0.1, 0.15) is 148 Å². The Morgan fingerprint density at radius 2 is 1.86 bits per heavy atom. The predicted molar refractivity (Wildman–Crippen MR) is 252 cm³/mol. The lowest BCUT2D eigenvalue weighted by Crippen LogP contribution is -2.39. The molecule has 4 bridgehead atoms. The third-order valence-electron chi connectivity index (χ3n) is 16.4. The van der Waals surface area contributed by atoms with Crippen LogP contribution in [-0.4, -0.2) is 76.8 Å². The van der Waals surface area contributed by atoms with Crippen molar-refractivity contribution in [3.8, 4) is 11.5 Å². The number of aryl methyl sites for hydroxylation is 3. The molecule has 0 saturated heterocycles. The second kappa shape index (κ2) is 20.8. The van der Waals surface area contributed by atoms with E-state index in [4.69, 9.17) is 20.6 Å². The van der Waals surface area contributed by atoms with Gasteiger partial charge in [-0.15, -0.1) is 0 Å². The largest absolute Gasteiger partial charge is 0.504 e. The molecule has 1 aromatic carbocycles. The number of aliphatic hydroxyl groups excluding tert-OH is 3. The molecule has 0 unspecified atom stereocenters. The number of H-pyrrole nitrogens is 1. The Morgan fingerprint density at radius 3 is 2.67 bits per heavy atom. The number of nitrogens with two attached hydrogens (primary N) is 2. The summed E-state index contributed by atoms with van der Waals surface area (Å²) in [7, 11) is 1.71. The number of phenolic OH excluding ortho intramolecular Hbond substituents is 1. The molecule has 6 aliphatic rings. The highest BCUT2D eigenvalue weighted by atomic mass is 16.5. The second-order valence-corrected chi connectivity index (χ2v) is 20.8. The fourth-order valence-electron chi connectivity index (χ4n) is 13.0. The van der Waals surface area contributed by atoms with Crippen LogP contribution < -0.4 is 26.8 Å². The number of allylic oxidation sites excluding steroid dienone is 2. The van der Waals surface area contributed by atoms with E-state index in [0.29, 0.717) is 72.6 Å². The van der Waals surface area contributed by atoms with Crippen molar-refractivity contribution in [3.63, 3.8) is 0 Å². The van der Waals surface area contributed by atoms with Crippen molar-refractivity contribution < 1.29 is 29.6 Å². The highest BCUT2D eigenvalue weighted by Crippen LogP contribution is 2.62. The molecule has 3 aromatic rings. The summed E-state index contributed by atoms with van der Waals surface area (Å²) in [6.45, 7) is 6.24. The maximum Gasteiger partial charge on any atom is 0.188 e. The third-order valence-corrected chi connectivity index (χ3v) is 16.4. The van der Waals surface area contributed by atoms with E-state index in [0.717, 1.165) is 85.9 Å². The van der Waals surface area contributed by atoms with Gasteiger partial charge < -0.3 is 56.7 Å². The number of ether oxygens (including phenoxy) is 1. The van der Waals surface area contributed by atoms with Crippen molar-refractivity contribution in [1.29, 1.82) is 0 Å². The zero-order chi connectivity index (χ0) is 45.0. The SMILES string of the molecule is CN=C(N)NC[C@H](C)CC[C@H]1[C@@H]2CC[C@H](CCc3oc(CCc4ccc(O)c(OC[C@H](O)c5cc6c([nH]5)[C@@H]5C=C[C@]7(CCC[C@H]7C5)[C@@H]6CNC[C@H](C)O)c4)cc3CO)C[C@H]1C[C@H](N)C2. The second-order valence-electron chi connectivity index (χ2n) is 20.8. The molecule has 2 aromatic heterocycles. The molecular weight excluding hydrogens is 805 g/mol. The molecule has 1 spiro atoms. The fourth-order valence-corrected chi connectivity index (χ4v) is 13.0. The molecule has 352 valence electrons. The summed E-state index contributed by atoms with van der Waals surface area (Å²) in [6.07, 6.45) is 19.9. The van der Waals surface area contributed by atoms with Gasteiger partial charge in [0.05, 0.1) is 12.7 Å². The van der Waals surface area contributed by atoms with Crippen LogP contribution in [0.5, 0.6) is 11.5 Å². The minimum atomic E-state index is -0.904. The molecular formula is C52H78N6O6. The number of rotatable bonds is 20. The maximum atomic E-state index is 11.5. The van der Waals surface area contributed by atoms with Gasteiger partial charge in [0.25, 0.3) is 0 Å². The molecule has 12 atom stereocenters. The summed E-state index contributed by atoms with van der Waals surface area (Å²) in [6, 6.07) is 9.87. The Hall–Kier alpha value is -3.81. The number of hydrogen-bond acceptors (Lipinski definition) is 9. The first-order chi connectivity index (χ1) is 30.9. The van der Waals surface area contributed by atoms with E-state index < -0.39 is 12.2 Å². The smallest absolute Gasteiger partial charge is 0.188 e.